The molecule has 19 nitrogen and oxygen atoms in total. The van der Waals surface area contributed by atoms with Gasteiger partial charge in [-0.15, -0.1) is 0 Å². The molecule has 5 N–H and O–H groups in total. The van der Waals surface area contributed by atoms with Crippen LogP contribution < -0.4 is 21.3 Å². The number of carbonyl (C=O) groups excluding carboxylic acids is 7. The Kier molecular flexibility index (Phi) is 20.0. The SMILES string of the molecule is CC(=O)N[C@@H](Cc1cn(C=O)c2ccccc12)C(=O)N(C(C)C(=O)N[C@@H](Cc1cn(COCc2ccccc2)cn1)C(=O)NC(CC1CCCCC1)C(O)C1CCCN1C(=O)OCc1ccccc1)C1(C(=O)C2CCCN2)C=CC=CC1. The van der Waals surface area contributed by atoms with Crippen molar-refractivity contribution in [2.45, 2.75) is 165 Å². The quantitative estimate of drug-likeness (QED) is 0.0409. The van der Waals surface area contributed by atoms with Crippen molar-refractivity contribution in [3.8, 4) is 0 Å². The molecule has 2 aliphatic heterocycles. The third kappa shape index (κ3) is 14.3. The van der Waals surface area contributed by atoms with Crippen LogP contribution in [0.4, 0.5) is 4.79 Å². The lowest BCUT2D eigenvalue weighted by molar-refractivity contribution is -0.154. The molecule has 2 aromatic heterocycles. The van der Waals surface area contributed by atoms with Gasteiger partial charge in [0.15, 0.2) is 5.78 Å². The van der Waals surface area contributed by atoms with Crippen molar-refractivity contribution < 1.29 is 48.1 Å². The maximum Gasteiger partial charge on any atom is 0.410 e. The molecule has 0 spiro atoms. The van der Waals surface area contributed by atoms with Crippen molar-refractivity contribution in [3.05, 3.63) is 150 Å². The highest BCUT2D eigenvalue weighted by atomic mass is 16.6. The highest BCUT2D eigenvalue weighted by molar-refractivity contribution is 6.03. The second-order valence-electron chi connectivity index (χ2n) is 22.4. The number of Topliss-reactive ketones (excluding diaryl/α,β-unsaturated/α-hetero) is 1. The first-order chi connectivity index (χ1) is 39.8. The number of ether oxygens (including phenoxy) is 2. The van der Waals surface area contributed by atoms with Gasteiger partial charge >= 0.3 is 6.09 Å². The molecule has 0 radical (unpaired) electrons. The summed E-state index contributed by atoms with van der Waals surface area (Å²) in [6, 6.07) is 19.9. The molecule has 0 bridgehead atoms. The fourth-order valence-corrected chi connectivity index (χ4v) is 12.4. The molecule has 3 fully saturated rings. The number of para-hydroxylation sites is 1. The van der Waals surface area contributed by atoms with Crippen molar-refractivity contribution in [2.24, 2.45) is 5.92 Å². The molecule has 4 aliphatic rings. The number of allylic oxidation sites excluding steroid dienone is 2. The monoisotopic (exact) mass is 1120 g/mol. The molecule has 2 aliphatic carbocycles. The van der Waals surface area contributed by atoms with Gasteiger partial charge in [-0.1, -0.05) is 135 Å². The molecule has 2 saturated heterocycles. The number of nitrogens with one attached hydrogen (secondary N) is 4. The number of aliphatic hydroxyl groups is 1. The Hall–Kier alpha value is -7.74. The zero-order valence-corrected chi connectivity index (χ0v) is 46.9. The summed E-state index contributed by atoms with van der Waals surface area (Å²) in [6.07, 6.45) is 18.0. The Morgan fingerprint density at radius 1 is 0.817 bits per heavy atom. The predicted octanol–water partition coefficient (Wildman–Crippen LogP) is 6.24. The summed E-state index contributed by atoms with van der Waals surface area (Å²) in [5.74, 6) is -2.85. The molecule has 9 rings (SSSR count). The van der Waals surface area contributed by atoms with E-state index in [4.69, 9.17) is 9.47 Å². The molecule has 434 valence electrons. The number of benzene rings is 3. The molecule has 82 heavy (non-hydrogen) atoms. The van der Waals surface area contributed by atoms with Gasteiger partial charge in [-0.25, -0.2) is 9.78 Å². The molecule has 4 heterocycles. The highest BCUT2D eigenvalue weighted by Gasteiger charge is 2.52. The van der Waals surface area contributed by atoms with Crippen LogP contribution in [-0.4, -0.2) is 132 Å². The van der Waals surface area contributed by atoms with E-state index >= 15 is 19.2 Å². The fraction of sp³-hybridized carbons (Fsp3) is 0.460. The van der Waals surface area contributed by atoms with E-state index in [0.29, 0.717) is 80.4 Å². The largest absolute Gasteiger partial charge is 0.445 e. The van der Waals surface area contributed by atoms with Crippen LogP contribution in [0.5, 0.6) is 0 Å². The molecule has 6 unspecified atom stereocenters. The second kappa shape index (κ2) is 27.8. The van der Waals surface area contributed by atoms with Gasteiger partial charge in [0.1, 0.15) is 37.0 Å². The molecule has 8 atom stereocenters. The molecule has 3 aromatic carbocycles. The van der Waals surface area contributed by atoms with Crippen LogP contribution in [-0.2, 0) is 71.0 Å². The molecular weight excluding hydrogens is 1040 g/mol. The number of imidazole rings is 1. The lowest BCUT2D eigenvalue weighted by Gasteiger charge is -2.46. The lowest BCUT2D eigenvalue weighted by atomic mass is 9.79. The number of likely N-dealkylation sites (tertiary alicyclic amines) is 1. The minimum absolute atomic E-state index is 0.00747. The van der Waals surface area contributed by atoms with Crippen molar-refractivity contribution in [2.75, 3.05) is 13.1 Å². The Labute approximate surface area is 478 Å². The van der Waals surface area contributed by atoms with Gasteiger partial charge in [0, 0.05) is 44.1 Å². The number of aliphatic hydroxyl groups excluding tert-OH is 1. The van der Waals surface area contributed by atoms with Crippen LogP contribution in [0, 0.1) is 5.92 Å². The number of amides is 5. The number of rotatable bonds is 25. The molecular formula is C63H77N9O10. The Morgan fingerprint density at radius 3 is 2.24 bits per heavy atom. The van der Waals surface area contributed by atoms with Crippen LogP contribution >= 0.6 is 0 Å². The normalized spacial score (nSPS) is 20.8. The fourth-order valence-electron chi connectivity index (χ4n) is 12.4. The average molecular weight is 1120 g/mol. The summed E-state index contributed by atoms with van der Waals surface area (Å²) >= 11 is 0. The predicted molar refractivity (Wildman–Crippen MR) is 308 cm³/mol. The van der Waals surface area contributed by atoms with Crippen molar-refractivity contribution in [3.63, 3.8) is 0 Å². The maximum atomic E-state index is 15.8. The van der Waals surface area contributed by atoms with E-state index < -0.39 is 77.6 Å². The van der Waals surface area contributed by atoms with Crippen LogP contribution in [0.1, 0.15) is 107 Å². The minimum atomic E-state index is -1.74. The topological polar surface area (TPSA) is 236 Å². The molecule has 5 aromatic rings. The van der Waals surface area contributed by atoms with Gasteiger partial charge in [-0.3, -0.25) is 33.3 Å². The van der Waals surface area contributed by atoms with Crippen LogP contribution in [0.2, 0.25) is 0 Å². The smallest absolute Gasteiger partial charge is 0.410 e. The van der Waals surface area contributed by atoms with E-state index in [2.05, 4.69) is 26.3 Å². The molecule has 1 saturated carbocycles. The zero-order valence-electron chi connectivity index (χ0n) is 46.9. The first-order valence-electron chi connectivity index (χ1n) is 29.0. The minimum Gasteiger partial charge on any atom is -0.445 e. The van der Waals surface area contributed by atoms with Gasteiger partial charge in [-0.05, 0) is 80.7 Å². The summed E-state index contributed by atoms with van der Waals surface area (Å²) in [5, 5.41) is 25.5. The van der Waals surface area contributed by atoms with Gasteiger partial charge in [0.2, 0.25) is 30.0 Å². The van der Waals surface area contributed by atoms with E-state index in [9.17, 15) is 19.5 Å². The summed E-state index contributed by atoms with van der Waals surface area (Å²) < 4.78 is 14.9. The van der Waals surface area contributed by atoms with Crippen molar-refractivity contribution >= 4 is 52.8 Å². The van der Waals surface area contributed by atoms with Crippen LogP contribution in [0.15, 0.2) is 128 Å². The number of fused-ring (bicyclic) bond motifs is 1. The number of hydrogen-bond donors (Lipinski definition) is 5. The zero-order chi connectivity index (χ0) is 57.6. The van der Waals surface area contributed by atoms with Gasteiger partial charge in [0.25, 0.3) is 0 Å². The van der Waals surface area contributed by atoms with E-state index in [0.717, 1.165) is 43.2 Å². The average Bonchev–Trinajstić information content (AvgIpc) is 3.81. The molecule has 19 heteroatoms. The van der Waals surface area contributed by atoms with Gasteiger partial charge < -0.3 is 50.2 Å². The number of aromatic nitrogens is 3. The standard InChI is InChI=1S/C63H77N9O10/c1-43(72(63(29-15-6-16-30-63)58(76)51-26-17-31-64-51)61(79)54(66-44(2)74)34-48-36-70(41-73)55-27-14-13-25-50(48)55)59(77)68-53(35-49-37-69(40-65-49)42-81-38-46-21-9-4-10-22-46)60(78)67-52(33-45-19-7-3-8-20-45)57(75)56-28-18-32-71(56)62(80)82-39-47-23-11-5-12-24-47/h4-6,9-16,21-25,27,29,36-37,40-41,43,45,51-54,56-57,64,75H,3,7-8,17-20,26,28,30-35,38-39,42H2,1-2H3,(H,66,74)(H,67,78)(H,68,77)/t43?,51?,52?,53-,54-,56?,57?,63?/m0/s1. The third-order valence-corrected chi connectivity index (χ3v) is 16.6. The van der Waals surface area contributed by atoms with E-state index in [1.54, 1.807) is 70.7 Å². The van der Waals surface area contributed by atoms with E-state index in [1.807, 2.05) is 66.7 Å². The Bertz CT molecular complexity index is 3080. The van der Waals surface area contributed by atoms with E-state index in [-0.39, 0.29) is 44.3 Å². The molecule has 5 amide bonds. The third-order valence-electron chi connectivity index (χ3n) is 16.6. The maximum absolute atomic E-state index is 15.8. The van der Waals surface area contributed by atoms with Crippen molar-refractivity contribution in [1.82, 2.24) is 45.2 Å². The van der Waals surface area contributed by atoms with E-state index in [1.165, 1.54) is 23.3 Å². The van der Waals surface area contributed by atoms with Crippen LogP contribution in [0.25, 0.3) is 10.9 Å². The van der Waals surface area contributed by atoms with Gasteiger partial charge in [-0.2, -0.15) is 0 Å². The Balaban J connectivity index is 1.04. The first-order valence-corrected chi connectivity index (χ1v) is 29.0. The van der Waals surface area contributed by atoms with Crippen LogP contribution in [0.3, 0.4) is 0 Å². The number of carbonyl (C=O) groups is 7. The summed E-state index contributed by atoms with van der Waals surface area (Å²) in [4.78, 5) is 109. The summed E-state index contributed by atoms with van der Waals surface area (Å²) in [5.41, 5.74) is 1.65. The number of hydrogen-bond acceptors (Lipinski definition) is 12. The first kappa shape index (κ1) is 58.9. The number of nitrogens with zero attached hydrogens (tertiary/aromatic N) is 5. The summed E-state index contributed by atoms with van der Waals surface area (Å²) in [6.45, 7) is 4.26. The number of ketones is 1. The second-order valence-corrected chi connectivity index (χ2v) is 22.4. The highest BCUT2D eigenvalue weighted by Crippen LogP contribution is 2.35. The van der Waals surface area contributed by atoms with Gasteiger partial charge in [0.05, 0.1) is 48.4 Å². The lowest BCUT2D eigenvalue weighted by Crippen LogP contribution is -2.68. The Morgan fingerprint density at radius 2 is 1.55 bits per heavy atom. The summed E-state index contributed by atoms with van der Waals surface area (Å²) in [7, 11) is 0. The van der Waals surface area contributed by atoms with Crippen molar-refractivity contribution in [1.29, 1.82) is 0 Å².